The van der Waals surface area contributed by atoms with E-state index in [1.165, 1.54) is 27.1 Å². The van der Waals surface area contributed by atoms with Gasteiger partial charge in [0, 0.05) is 23.2 Å². The van der Waals surface area contributed by atoms with Crippen molar-refractivity contribution in [2.45, 2.75) is 12.3 Å². The van der Waals surface area contributed by atoms with Gasteiger partial charge in [-0.05, 0) is 69.0 Å². The molecule has 5 aromatic carbocycles. The van der Waals surface area contributed by atoms with Crippen LogP contribution in [0.5, 0.6) is 0 Å². The van der Waals surface area contributed by atoms with Crippen LogP contribution in [0.4, 0.5) is 0 Å². The zero-order chi connectivity index (χ0) is 29.3. The molecule has 208 valence electrons. The van der Waals surface area contributed by atoms with E-state index in [2.05, 4.69) is 72.8 Å². The van der Waals surface area contributed by atoms with Crippen LogP contribution in [0.15, 0.2) is 152 Å². The van der Waals surface area contributed by atoms with Crippen LogP contribution in [0.2, 0.25) is 0 Å². The molecule has 2 heterocycles. The Hall–Kier alpha value is -5.74. The summed E-state index contributed by atoms with van der Waals surface area (Å²) in [5, 5.41) is 5.04. The molecule has 0 saturated carbocycles. The van der Waals surface area contributed by atoms with Crippen molar-refractivity contribution in [1.82, 2.24) is 19.9 Å². The fraction of sp³-hybridized carbons (Fsp3) is 0.0500. The summed E-state index contributed by atoms with van der Waals surface area (Å²) in [5.74, 6) is 2.11. The molecule has 4 nitrogen and oxygen atoms in total. The molecule has 0 N–H and O–H groups in total. The smallest absolute Gasteiger partial charge is 0.164 e. The van der Waals surface area contributed by atoms with E-state index >= 15 is 0 Å². The molecule has 0 spiro atoms. The second-order valence-corrected chi connectivity index (χ2v) is 11.1. The molecule has 8 rings (SSSR count). The van der Waals surface area contributed by atoms with Gasteiger partial charge in [0.1, 0.15) is 0 Å². The highest BCUT2D eigenvalue weighted by atomic mass is 15.0. The number of benzene rings is 5. The lowest BCUT2D eigenvalue weighted by Gasteiger charge is -2.24. The van der Waals surface area contributed by atoms with Crippen molar-refractivity contribution in [2.24, 2.45) is 0 Å². The molecule has 0 radical (unpaired) electrons. The third-order valence-corrected chi connectivity index (χ3v) is 8.30. The van der Waals surface area contributed by atoms with Crippen molar-refractivity contribution >= 4 is 32.7 Å². The summed E-state index contributed by atoms with van der Waals surface area (Å²) in [6.45, 7) is 0. The van der Waals surface area contributed by atoms with E-state index in [4.69, 9.17) is 19.9 Å². The fourth-order valence-corrected chi connectivity index (χ4v) is 6.20. The van der Waals surface area contributed by atoms with E-state index in [9.17, 15) is 0 Å². The van der Waals surface area contributed by atoms with Gasteiger partial charge in [-0.2, -0.15) is 0 Å². The maximum Gasteiger partial charge on any atom is 0.164 e. The summed E-state index contributed by atoms with van der Waals surface area (Å²) >= 11 is 0. The van der Waals surface area contributed by atoms with Gasteiger partial charge in [0.15, 0.2) is 17.5 Å². The van der Waals surface area contributed by atoms with Crippen molar-refractivity contribution < 1.29 is 0 Å². The molecule has 7 aromatic rings. The van der Waals surface area contributed by atoms with Crippen molar-refractivity contribution in [1.29, 1.82) is 0 Å². The quantitative estimate of drug-likeness (QED) is 0.195. The van der Waals surface area contributed by atoms with Gasteiger partial charge in [0.05, 0.1) is 5.69 Å². The Bertz CT molecular complexity index is 2130. The summed E-state index contributed by atoms with van der Waals surface area (Å²) in [7, 11) is 0. The van der Waals surface area contributed by atoms with Gasteiger partial charge in [-0.15, -0.1) is 0 Å². The minimum absolute atomic E-state index is 0.0960. The number of pyridine rings is 1. The largest absolute Gasteiger partial charge is 0.256 e. The van der Waals surface area contributed by atoms with E-state index < -0.39 is 0 Å². The first kappa shape index (κ1) is 25.9. The Morgan fingerprint density at radius 1 is 0.523 bits per heavy atom. The average molecular weight is 565 g/mol. The molecule has 44 heavy (non-hydrogen) atoms. The summed E-state index contributed by atoms with van der Waals surface area (Å²) in [6, 6.07) is 46.1. The van der Waals surface area contributed by atoms with Crippen molar-refractivity contribution in [3.05, 3.63) is 169 Å². The van der Waals surface area contributed by atoms with Crippen LogP contribution in [-0.2, 0) is 0 Å². The van der Waals surface area contributed by atoms with E-state index in [0.717, 1.165) is 34.4 Å². The second-order valence-electron chi connectivity index (χ2n) is 11.1. The number of nitrogens with zero attached hydrogens (tertiary/aromatic N) is 4. The van der Waals surface area contributed by atoms with Crippen LogP contribution in [0.25, 0.3) is 55.5 Å². The first-order chi connectivity index (χ1) is 21.8. The molecule has 1 aliphatic rings. The highest BCUT2D eigenvalue weighted by molar-refractivity contribution is 6.09. The molecule has 4 heteroatoms. The minimum atomic E-state index is 0.0960. The monoisotopic (exact) mass is 564 g/mol. The Kier molecular flexibility index (Phi) is 6.58. The molecule has 0 bridgehead atoms. The van der Waals surface area contributed by atoms with Gasteiger partial charge in [0.2, 0.25) is 0 Å². The van der Waals surface area contributed by atoms with Crippen LogP contribution >= 0.6 is 0 Å². The standard InChI is InChI=1S/C40H28N4/c1-3-13-27(14-4-1)38-42-39(28-15-5-2-6-16-28)44-40(43-38)32-24-30(23-31(25-32)37-21-11-12-22-41-37)36-26-29-17-7-8-18-33(29)34-19-9-10-20-35(34)36/h1-23,25-26,30H,24H2. The Morgan fingerprint density at radius 3 is 1.80 bits per heavy atom. The van der Waals surface area contributed by atoms with Crippen LogP contribution < -0.4 is 0 Å². The fourth-order valence-electron chi connectivity index (χ4n) is 6.20. The molecule has 0 fully saturated rings. The molecular weight excluding hydrogens is 536 g/mol. The highest BCUT2D eigenvalue weighted by Crippen LogP contribution is 2.42. The van der Waals surface area contributed by atoms with Gasteiger partial charge in [0.25, 0.3) is 0 Å². The first-order valence-corrected chi connectivity index (χ1v) is 14.9. The van der Waals surface area contributed by atoms with E-state index in [1.54, 1.807) is 0 Å². The van der Waals surface area contributed by atoms with Crippen molar-refractivity contribution in [2.75, 3.05) is 0 Å². The molecule has 1 unspecified atom stereocenters. The topological polar surface area (TPSA) is 51.6 Å². The van der Waals surface area contributed by atoms with E-state index in [-0.39, 0.29) is 5.92 Å². The number of rotatable bonds is 5. The maximum atomic E-state index is 5.08. The lowest BCUT2D eigenvalue weighted by Crippen LogP contribution is -2.09. The molecule has 1 aliphatic carbocycles. The zero-order valence-electron chi connectivity index (χ0n) is 24.0. The molecule has 0 amide bonds. The lowest BCUT2D eigenvalue weighted by atomic mass is 9.81. The van der Waals surface area contributed by atoms with Crippen LogP contribution in [-0.4, -0.2) is 19.9 Å². The van der Waals surface area contributed by atoms with Gasteiger partial charge in [-0.1, -0.05) is 121 Å². The van der Waals surface area contributed by atoms with Gasteiger partial charge in [-0.3, -0.25) is 4.98 Å². The highest BCUT2D eigenvalue weighted by Gasteiger charge is 2.24. The minimum Gasteiger partial charge on any atom is -0.256 e. The van der Waals surface area contributed by atoms with Crippen molar-refractivity contribution in [3.8, 4) is 22.8 Å². The maximum absolute atomic E-state index is 5.08. The zero-order valence-corrected chi connectivity index (χ0v) is 24.0. The average Bonchev–Trinajstić information content (AvgIpc) is 3.12. The van der Waals surface area contributed by atoms with Gasteiger partial charge in [-0.25, -0.2) is 15.0 Å². The summed E-state index contributed by atoms with van der Waals surface area (Å²) in [4.78, 5) is 19.8. The summed E-state index contributed by atoms with van der Waals surface area (Å²) in [5.41, 5.74) is 6.27. The molecule has 2 aromatic heterocycles. The predicted octanol–water partition coefficient (Wildman–Crippen LogP) is 9.56. The van der Waals surface area contributed by atoms with Gasteiger partial charge < -0.3 is 0 Å². The molecule has 0 saturated heterocycles. The Balaban J connectivity index is 1.33. The molecular formula is C40H28N4. The lowest BCUT2D eigenvalue weighted by molar-refractivity contribution is 0.864. The number of fused-ring (bicyclic) bond motifs is 3. The van der Waals surface area contributed by atoms with Crippen LogP contribution in [0.3, 0.4) is 0 Å². The Labute approximate surface area is 256 Å². The van der Waals surface area contributed by atoms with Crippen molar-refractivity contribution in [3.63, 3.8) is 0 Å². The third kappa shape index (κ3) is 4.87. The van der Waals surface area contributed by atoms with Gasteiger partial charge >= 0.3 is 0 Å². The second kappa shape index (κ2) is 11.2. The molecule has 0 aliphatic heterocycles. The number of hydrogen-bond acceptors (Lipinski definition) is 4. The van der Waals surface area contributed by atoms with E-state index in [0.29, 0.717) is 17.5 Å². The number of hydrogen-bond donors (Lipinski definition) is 0. The SMILES string of the molecule is C1=C(c2ccccn2)C=C(c2nc(-c3ccccc3)nc(-c3ccccc3)n2)CC1c1cc2ccccc2c2ccccc12. The number of aromatic nitrogens is 4. The number of allylic oxidation sites excluding steroid dienone is 4. The third-order valence-electron chi connectivity index (χ3n) is 8.30. The van der Waals surface area contributed by atoms with Crippen LogP contribution in [0.1, 0.15) is 29.4 Å². The normalized spacial score (nSPS) is 14.8. The predicted molar refractivity (Wildman–Crippen MR) is 180 cm³/mol. The van der Waals surface area contributed by atoms with E-state index in [1.807, 2.05) is 79.0 Å². The van der Waals surface area contributed by atoms with Crippen LogP contribution in [0, 0.1) is 0 Å². The first-order valence-electron chi connectivity index (χ1n) is 14.9. The molecule has 1 atom stereocenters. The summed E-state index contributed by atoms with van der Waals surface area (Å²) in [6.07, 6.45) is 7.18. The summed E-state index contributed by atoms with van der Waals surface area (Å²) < 4.78 is 0. The Morgan fingerprint density at radius 2 is 1.11 bits per heavy atom.